The molecule has 0 spiro atoms. The summed E-state index contributed by atoms with van der Waals surface area (Å²) in [5, 5.41) is 12.1. The van der Waals surface area contributed by atoms with Crippen molar-refractivity contribution < 1.29 is 4.42 Å². The minimum absolute atomic E-state index is 0.893. The number of furan rings is 1. The summed E-state index contributed by atoms with van der Waals surface area (Å²) in [4.78, 5) is 4.77. The van der Waals surface area contributed by atoms with Crippen molar-refractivity contribution in [3.8, 4) is 22.3 Å². The molecule has 0 fully saturated rings. The molecule has 73 heavy (non-hydrogen) atoms. The summed E-state index contributed by atoms with van der Waals surface area (Å²) >= 11 is 3.72. The van der Waals surface area contributed by atoms with Gasteiger partial charge in [0.15, 0.2) is 0 Å². The summed E-state index contributed by atoms with van der Waals surface area (Å²) in [5.74, 6) is 0. The Hall–Kier alpha value is -9.00. The topological polar surface area (TPSA) is 19.6 Å². The van der Waals surface area contributed by atoms with E-state index in [-0.39, 0.29) is 0 Å². The molecule has 0 N–H and O–H groups in total. The van der Waals surface area contributed by atoms with E-state index >= 15 is 0 Å². The normalized spacial score (nSPS) is 11.8. The number of benzene rings is 12. The van der Waals surface area contributed by atoms with Crippen molar-refractivity contribution in [1.82, 2.24) is 0 Å². The van der Waals surface area contributed by atoms with Crippen LogP contribution in [0.3, 0.4) is 0 Å². The molecule has 5 heteroatoms. The molecule has 0 aliphatic rings. The molecule has 0 atom stereocenters. The molecule has 0 aliphatic carbocycles. The number of rotatable bonds is 8. The van der Waals surface area contributed by atoms with Gasteiger partial charge in [-0.25, -0.2) is 0 Å². The van der Waals surface area contributed by atoms with E-state index < -0.39 is 0 Å². The molecule has 3 aromatic heterocycles. The Morgan fingerprint density at radius 1 is 0.260 bits per heavy atom. The lowest BCUT2D eigenvalue weighted by atomic mass is 9.98. The van der Waals surface area contributed by atoms with E-state index in [1.165, 1.54) is 84.7 Å². The van der Waals surface area contributed by atoms with Crippen LogP contribution in [0.4, 0.5) is 34.1 Å². The molecule has 0 amide bonds. The Kier molecular flexibility index (Phi) is 9.62. The van der Waals surface area contributed by atoms with E-state index in [1.807, 2.05) is 22.7 Å². The molecule has 0 unspecified atom stereocenters. The summed E-state index contributed by atoms with van der Waals surface area (Å²) < 4.78 is 11.9. The minimum Gasteiger partial charge on any atom is -0.456 e. The van der Waals surface area contributed by atoms with Gasteiger partial charge in [-0.2, -0.15) is 0 Å². The van der Waals surface area contributed by atoms with Gasteiger partial charge < -0.3 is 14.2 Å². The Labute approximate surface area is 429 Å². The highest BCUT2D eigenvalue weighted by Crippen LogP contribution is 2.47. The predicted molar refractivity (Wildman–Crippen MR) is 315 cm³/mol. The van der Waals surface area contributed by atoms with Crippen molar-refractivity contribution in [2.24, 2.45) is 0 Å². The number of nitrogens with zero attached hydrogens (tertiary/aromatic N) is 2. The molecular weight excluding hydrogens is 925 g/mol. The summed E-state index contributed by atoms with van der Waals surface area (Å²) in [7, 11) is 0. The summed E-state index contributed by atoms with van der Waals surface area (Å²) in [6.07, 6.45) is 0. The van der Waals surface area contributed by atoms with E-state index in [0.29, 0.717) is 0 Å². The van der Waals surface area contributed by atoms with Gasteiger partial charge in [0.25, 0.3) is 0 Å². The fraction of sp³-hybridized carbons (Fsp3) is 0. The van der Waals surface area contributed by atoms with Gasteiger partial charge in [-0.15, -0.1) is 22.7 Å². The van der Waals surface area contributed by atoms with Crippen LogP contribution < -0.4 is 9.80 Å². The van der Waals surface area contributed by atoms with E-state index in [2.05, 4.69) is 265 Å². The Bertz CT molecular complexity index is 4320. The van der Waals surface area contributed by atoms with Crippen molar-refractivity contribution in [1.29, 1.82) is 0 Å². The number of para-hydroxylation sites is 2. The molecule has 342 valence electrons. The second kappa shape index (κ2) is 16.8. The number of hydrogen-bond donors (Lipinski definition) is 0. The SMILES string of the molecule is c1ccc(N(c2ccc(-c3ccc4cc5c(cc4c3)oc3cc4cc(-c6ccc(N(c7ccccc7)c7cccc8c7sc7ccccc78)cc6)ccc4cc35)cc2)c2cccc3c2sc2ccccc23)cc1. The van der Waals surface area contributed by atoms with Crippen LogP contribution in [0.2, 0.25) is 0 Å². The molecule has 0 bridgehead atoms. The van der Waals surface area contributed by atoms with Gasteiger partial charge in [-0.1, -0.05) is 146 Å². The first kappa shape index (κ1) is 41.8. The Balaban J connectivity index is 0.742. The highest BCUT2D eigenvalue weighted by molar-refractivity contribution is 7.26. The molecule has 3 heterocycles. The molecule has 0 saturated carbocycles. The van der Waals surface area contributed by atoms with E-state index in [0.717, 1.165) is 55.5 Å². The van der Waals surface area contributed by atoms with Crippen molar-refractivity contribution in [3.05, 3.63) is 255 Å². The van der Waals surface area contributed by atoms with Crippen LogP contribution in [-0.4, -0.2) is 0 Å². The first-order valence-electron chi connectivity index (χ1n) is 24.7. The summed E-state index contributed by atoms with van der Waals surface area (Å²) in [5.41, 5.74) is 13.3. The van der Waals surface area contributed by atoms with Crippen molar-refractivity contribution in [3.63, 3.8) is 0 Å². The molecule has 0 radical (unpaired) electrons. The lowest BCUT2D eigenvalue weighted by Crippen LogP contribution is -2.09. The zero-order valence-electron chi connectivity index (χ0n) is 39.4. The van der Waals surface area contributed by atoms with E-state index in [1.54, 1.807) is 0 Å². The quantitative estimate of drug-likeness (QED) is 0.151. The third-order valence-electron chi connectivity index (χ3n) is 14.6. The number of fused-ring (bicyclic) bond motifs is 11. The molecule has 15 aromatic rings. The first-order chi connectivity index (χ1) is 36.1. The molecule has 0 saturated heterocycles. The number of anilines is 6. The van der Waals surface area contributed by atoms with Crippen LogP contribution >= 0.6 is 22.7 Å². The van der Waals surface area contributed by atoms with Gasteiger partial charge in [0, 0.05) is 64.5 Å². The molecule has 0 aliphatic heterocycles. The highest BCUT2D eigenvalue weighted by Gasteiger charge is 2.20. The monoisotopic (exact) mass is 966 g/mol. The van der Waals surface area contributed by atoms with E-state index in [9.17, 15) is 0 Å². The second-order valence-corrected chi connectivity index (χ2v) is 21.0. The van der Waals surface area contributed by atoms with Crippen LogP contribution in [0, 0.1) is 0 Å². The van der Waals surface area contributed by atoms with Crippen LogP contribution in [0.25, 0.3) is 106 Å². The average Bonchev–Trinajstić information content (AvgIpc) is 4.15. The maximum absolute atomic E-state index is 6.70. The standard InChI is InChI=1S/C68H42N2OS2/c1-3-13-51(14-4-1)69(61-21-11-19-57-55-17-7-9-23-65(55)72-67(57)61)53-33-29-43(30-34-53)45-25-27-47-39-59-60-40-48-28-26-46(38-50(48)42-64(60)71-63(59)41-49(47)37-45)44-31-35-54(36-32-44)70(52-15-5-2-6-16-52)62-22-12-20-58-56-18-8-10-24-66(56)73-68(58)62/h1-42H. The highest BCUT2D eigenvalue weighted by atomic mass is 32.1. The zero-order chi connectivity index (χ0) is 48.0. The number of thiophene rings is 2. The van der Waals surface area contributed by atoms with Crippen LogP contribution in [0.1, 0.15) is 0 Å². The minimum atomic E-state index is 0.893. The maximum Gasteiger partial charge on any atom is 0.136 e. The van der Waals surface area contributed by atoms with Gasteiger partial charge in [0.05, 0.1) is 20.8 Å². The fourth-order valence-corrected chi connectivity index (χ4v) is 13.5. The summed E-state index contributed by atoms with van der Waals surface area (Å²) in [6.45, 7) is 0. The van der Waals surface area contributed by atoms with E-state index in [4.69, 9.17) is 4.42 Å². The third-order valence-corrected chi connectivity index (χ3v) is 17.0. The fourth-order valence-electron chi connectivity index (χ4n) is 11.1. The van der Waals surface area contributed by atoms with Gasteiger partial charge in [-0.05, 0) is 153 Å². The smallest absolute Gasteiger partial charge is 0.136 e. The molecular formula is C68H42N2OS2. The lowest BCUT2D eigenvalue weighted by Gasteiger charge is -2.26. The Morgan fingerprint density at radius 2 is 0.644 bits per heavy atom. The van der Waals surface area contributed by atoms with Crippen molar-refractivity contribution >= 4 is 141 Å². The average molecular weight is 967 g/mol. The first-order valence-corrected chi connectivity index (χ1v) is 26.3. The predicted octanol–water partition coefficient (Wildman–Crippen LogP) is 20.9. The molecule has 12 aromatic carbocycles. The molecule has 15 rings (SSSR count). The van der Waals surface area contributed by atoms with Crippen LogP contribution in [-0.2, 0) is 0 Å². The summed E-state index contributed by atoms with van der Waals surface area (Å²) in [6, 6.07) is 92.7. The Morgan fingerprint density at radius 3 is 1.10 bits per heavy atom. The zero-order valence-corrected chi connectivity index (χ0v) is 41.0. The maximum atomic E-state index is 6.70. The van der Waals surface area contributed by atoms with Gasteiger partial charge in [0.2, 0.25) is 0 Å². The third kappa shape index (κ3) is 7.00. The van der Waals surface area contributed by atoms with Crippen molar-refractivity contribution in [2.45, 2.75) is 0 Å². The van der Waals surface area contributed by atoms with Crippen LogP contribution in [0.5, 0.6) is 0 Å². The lowest BCUT2D eigenvalue weighted by molar-refractivity contribution is 0.670. The van der Waals surface area contributed by atoms with Crippen molar-refractivity contribution in [2.75, 3.05) is 9.80 Å². The van der Waals surface area contributed by atoms with Gasteiger partial charge in [-0.3, -0.25) is 0 Å². The largest absolute Gasteiger partial charge is 0.456 e. The van der Waals surface area contributed by atoms with Crippen LogP contribution in [0.15, 0.2) is 259 Å². The number of hydrogen-bond acceptors (Lipinski definition) is 5. The second-order valence-electron chi connectivity index (χ2n) is 18.9. The van der Waals surface area contributed by atoms with Gasteiger partial charge >= 0.3 is 0 Å². The molecule has 3 nitrogen and oxygen atoms in total. The van der Waals surface area contributed by atoms with Gasteiger partial charge in [0.1, 0.15) is 11.2 Å².